The third kappa shape index (κ3) is 8.88. The Kier molecular flexibility index (Phi) is 9.16. The van der Waals surface area contributed by atoms with Crippen LogP contribution in [0.1, 0.15) is 40.5 Å². The second kappa shape index (κ2) is 10.0. The first-order valence-corrected chi connectivity index (χ1v) is 7.31. The Hall–Kier alpha value is -1.79. The van der Waals surface area contributed by atoms with Gasteiger partial charge in [0.05, 0.1) is 0 Å². The minimum absolute atomic E-state index is 0.138. The first kappa shape index (κ1) is 19.2. The third-order valence-electron chi connectivity index (χ3n) is 3.11. The second-order valence-electron chi connectivity index (χ2n) is 5.55. The minimum Gasteiger partial charge on any atom is -0.480 e. The smallest absolute Gasteiger partial charge is 0.326 e. The summed E-state index contributed by atoms with van der Waals surface area (Å²) in [6.45, 7) is 8.38. The summed E-state index contributed by atoms with van der Waals surface area (Å²) in [5, 5.41) is 16.7. The van der Waals surface area contributed by atoms with Crippen LogP contribution in [-0.4, -0.2) is 42.1 Å². The molecule has 21 heavy (non-hydrogen) atoms. The molecule has 0 rings (SSSR count). The van der Waals surface area contributed by atoms with E-state index in [9.17, 15) is 14.4 Å². The summed E-state index contributed by atoms with van der Waals surface area (Å²) in [5.74, 6) is -0.991. The summed E-state index contributed by atoms with van der Waals surface area (Å²) in [4.78, 5) is 34.1. The van der Waals surface area contributed by atoms with Crippen molar-refractivity contribution in [2.75, 3.05) is 13.1 Å². The monoisotopic (exact) mass is 301 g/mol. The van der Waals surface area contributed by atoms with Gasteiger partial charge in [0.25, 0.3) is 0 Å². The number of aliphatic carboxylic acids is 1. The van der Waals surface area contributed by atoms with E-state index in [1.54, 1.807) is 6.92 Å². The van der Waals surface area contributed by atoms with Crippen molar-refractivity contribution in [3.8, 4) is 0 Å². The van der Waals surface area contributed by atoms with Gasteiger partial charge in [-0.25, -0.2) is 9.59 Å². The summed E-state index contributed by atoms with van der Waals surface area (Å²) in [6, 6.07) is -1.50. The number of rotatable bonds is 9. The average Bonchev–Trinajstić information content (AvgIpc) is 2.41. The van der Waals surface area contributed by atoms with Crippen molar-refractivity contribution in [3.05, 3.63) is 0 Å². The fourth-order valence-electron chi connectivity index (χ4n) is 1.57. The summed E-state index contributed by atoms with van der Waals surface area (Å²) < 4.78 is 0. The van der Waals surface area contributed by atoms with Gasteiger partial charge in [0.1, 0.15) is 6.04 Å². The number of urea groups is 1. The number of hydrogen-bond acceptors (Lipinski definition) is 3. The van der Waals surface area contributed by atoms with Crippen LogP contribution in [0.25, 0.3) is 0 Å². The van der Waals surface area contributed by atoms with Crippen LogP contribution in [0, 0.1) is 11.8 Å². The Morgan fingerprint density at radius 1 is 1.10 bits per heavy atom. The lowest BCUT2D eigenvalue weighted by molar-refractivity contribution is -0.140. The molecular formula is C14H27N3O4. The number of nitrogens with one attached hydrogen (secondary N) is 3. The molecule has 2 atom stereocenters. The zero-order valence-electron chi connectivity index (χ0n) is 13.2. The van der Waals surface area contributed by atoms with Crippen LogP contribution in [0.2, 0.25) is 0 Å². The molecule has 7 heteroatoms. The summed E-state index contributed by atoms with van der Waals surface area (Å²) in [7, 11) is 0. The van der Waals surface area contributed by atoms with Crippen molar-refractivity contribution in [2.24, 2.45) is 11.8 Å². The number of carbonyl (C=O) groups excluding carboxylic acids is 2. The van der Waals surface area contributed by atoms with E-state index >= 15 is 0 Å². The molecule has 0 fully saturated rings. The summed E-state index contributed by atoms with van der Waals surface area (Å²) in [5.41, 5.74) is 0. The van der Waals surface area contributed by atoms with E-state index < -0.39 is 18.0 Å². The molecule has 3 amide bonds. The average molecular weight is 301 g/mol. The zero-order valence-corrected chi connectivity index (χ0v) is 13.2. The summed E-state index contributed by atoms with van der Waals surface area (Å²) in [6.07, 6.45) is 0.816. The van der Waals surface area contributed by atoms with E-state index in [2.05, 4.69) is 16.0 Å². The first-order chi connectivity index (χ1) is 9.77. The largest absolute Gasteiger partial charge is 0.480 e. The summed E-state index contributed by atoms with van der Waals surface area (Å²) >= 11 is 0. The SMILES string of the molecule is CC[C@H](C)[C@H](NC(=O)NCCC(=O)NCC(C)C)C(=O)O. The normalized spacial score (nSPS) is 13.4. The highest BCUT2D eigenvalue weighted by molar-refractivity contribution is 5.83. The lowest BCUT2D eigenvalue weighted by Crippen LogP contribution is -2.49. The first-order valence-electron chi connectivity index (χ1n) is 7.31. The van der Waals surface area contributed by atoms with Crippen molar-refractivity contribution < 1.29 is 19.5 Å². The molecule has 0 aromatic carbocycles. The quantitative estimate of drug-likeness (QED) is 0.508. The van der Waals surface area contributed by atoms with Gasteiger partial charge in [-0.2, -0.15) is 0 Å². The Morgan fingerprint density at radius 2 is 1.71 bits per heavy atom. The maximum atomic E-state index is 11.6. The number of carboxylic acids is 1. The van der Waals surface area contributed by atoms with E-state index in [1.165, 1.54) is 0 Å². The lowest BCUT2D eigenvalue weighted by Gasteiger charge is -2.20. The van der Waals surface area contributed by atoms with Gasteiger partial charge in [-0.15, -0.1) is 0 Å². The van der Waals surface area contributed by atoms with Crippen LogP contribution in [0.15, 0.2) is 0 Å². The van der Waals surface area contributed by atoms with Gasteiger partial charge in [0, 0.05) is 19.5 Å². The fourth-order valence-corrected chi connectivity index (χ4v) is 1.57. The highest BCUT2D eigenvalue weighted by Crippen LogP contribution is 2.07. The third-order valence-corrected chi connectivity index (χ3v) is 3.11. The van der Waals surface area contributed by atoms with Gasteiger partial charge >= 0.3 is 12.0 Å². The van der Waals surface area contributed by atoms with E-state index in [0.717, 1.165) is 0 Å². The van der Waals surface area contributed by atoms with Crippen molar-refractivity contribution >= 4 is 17.9 Å². The highest BCUT2D eigenvalue weighted by atomic mass is 16.4. The Bertz CT molecular complexity index is 358. The van der Waals surface area contributed by atoms with Crippen LogP contribution >= 0.6 is 0 Å². The predicted octanol–water partition coefficient (Wildman–Crippen LogP) is 0.947. The van der Waals surface area contributed by atoms with Crippen molar-refractivity contribution in [2.45, 2.75) is 46.6 Å². The van der Waals surface area contributed by atoms with Crippen molar-refractivity contribution in [3.63, 3.8) is 0 Å². The maximum Gasteiger partial charge on any atom is 0.326 e. The fraction of sp³-hybridized carbons (Fsp3) is 0.786. The molecule has 0 bridgehead atoms. The van der Waals surface area contributed by atoms with Gasteiger partial charge in [-0.3, -0.25) is 4.79 Å². The van der Waals surface area contributed by atoms with Crippen LogP contribution < -0.4 is 16.0 Å². The van der Waals surface area contributed by atoms with Crippen LogP contribution in [0.4, 0.5) is 4.79 Å². The molecule has 0 radical (unpaired) electrons. The molecule has 0 aromatic heterocycles. The van der Waals surface area contributed by atoms with Gasteiger partial charge in [-0.1, -0.05) is 34.1 Å². The molecule has 7 nitrogen and oxygen atoms in total. The number of carboxylic acid groups (broad SMARTS) is 1. The molecule has 0 saturated carbocycles. The zero-order chi connectivity index (χ0) is 16.4. The molecule has 0 aliphatic rings. The van der Waals surface area contributed by atoms with Gasteiger partial charge in [-0.05, 0) is 11.8 Å². The van der Waals surface area contributed by atoms with Gasteiger partial charge in [0.15, 0.2) is 0 Å². The highest BCUT2D eigenvalue weighted by Gasteiger charge is 2.25. The van der Waals surface area contributed by atoms with Crippen molar-refractivity contribution in [1.82, 2.24) is 16.0 Å². The van der Waals surface area contributed by atoms with E-state index in [1.807, 2.05) is 20.8 Å². The molecule has 4 N–H and O–H groups in total. The molecule has 0 aliphatic carbocycles. The van der Waals surface area contributed by atoms with E-state index in [0.29, 0.717) is 18.9 Å². The standard InChI is InChI=1S/C14H27N3O4/c1-5-10(4)12(13(19)20)17-14(21)15-7-6-11(18)16-8-9(2)3/h9-10,12H,5-8H2,1-4H3,(H,16,18)(H,19,20)(H2,15,17,21)/t10-,12-/m0/s1. The Balaban J connectivity index is 4.03. The number of hydrogen-bond donors (Lipinski definition) is 4. The van der Waals surface area contributed by atoms with Crippen molar-refractivity contribution in [1.29, 1.82) is 0 Å². The number of amides is 3. The van der Waals surface area contributed by atoms with Gasteiger partial charge < -0.3 is 21.1 Å². The molecular weight excluding hydrogens is 274 g/mol. The predicted molar refractivity (Wildman–Crippen MR) is 79.9 cm³/mol. The topological polar surface area (TPSA) is 108 Å². The second-order valence-corrected chi connectivity index (χ2v) is 5.55. The minimum atomic E-state index is -1.06. The Morgan fingerprint density at radius 3 is 2.19 bits per heavy atom. The van der Waals surface area contributed by atoms with Gasteiger partial charge in [0.2, 0.25) is 5.91 Å². The van der Waals surface area contributed by atoms with E-state index in [4.69, 9.17) is 5.11 Å². The van der Waals surface area contributed by atoms with Crippen LogP contribution in [0.5, 0.6) is 0 Å². The molecule has 0 saturated heterocycles. The van der Waals surface area contributed by atoms with E-state index in [-0.39, 0.29) is 24.8 Å². The molecule has 0 aromatic rings. The molecule has 0 unspecified atom stereocenters. The molecule has 122 valence electrons. The number of carbonyl (C=O) groups is 3. The Labute approximate surface area is 125 Å². The molecule has 0 aliphatic heterocycles. The lowest BCUT2D eigenvalue weighted by atomic mass is 9.99. The van der Waals surface area contributed by atoms with Crippen LogP contribution in [0.3, 0.4) is 0 Å². The van der Waals surface area contributed by atoms with Crippen LogP contribution in [-0.2, 0) is 9.59 Å². The molecule has 0 spiro atoms. The molecule has 0 heterocycles. The maximum absolute atomic E-state index is 11.6.